The first-order chi connectivity index (χ1) is 17.9. The zero-order chi connectivity index (χ0) is 27.6. The molecule has 3 N–H and O–H groups in total. The van der Waals surface area contributed by atoms with Gasteiger partial charge in [0.05, 0.1) is 33.5 Å². The van der Waals surface area contributed by atoms with E-state index in [4.69, 9.17) is 28.3 Å². The predicted octanol–water partition coefficient (Wildman–Crippen LogP) is 5.74. The van der Waals surface area contributed by atoms with E-state index < -0.39 is 18.0 Å². The fraction of sp³-hybridized carbons (Fsp3) is 0.333. The van der Waals surface area contributed by atoms with E-state index in [0.717, 1.165) is 5.69 Å². The minimum atomic E-state index is -0.982. The number of rotatable bonds is 6. The number of amides is 3. The van der Waals surface area contributed by atoms with E-state index in [0.29, 0.717) is 47.2 Å². The summed E-state index contributed by atoms with van der Waals surface area (Å²) >= 11 is 12.3. The second-order valence-electron chi connectivity index (χ2n) is 10.2. The summed E-state index contributed by atoms with van der Waals surface area (Å²) in [7, 11) is 0. The molecule has 4 rings (SSSR count). The van der Waals surface area contributed by atoms with Crippen LogP contribution in [0.1, 0.15) is 44.9 Å². The third-order valence-electron chi connectivity index (χ3n) is 6.29. The molecule has 3 aromatic rings. The maximum absolute atomic E-state index is 12.9. The van der Waals surface area contributed by atoms with Gasteiger partial charge in [0.15, 0.2) is 0 Å². The van der Waals surface area contributed by atoms with Crippen molar-refractivity contribution in [2.45, 2.75) is 51.5 Å². The molecule has 2 aromatic carbocycles. The van der Waals surface area contributed by atoms with E-state index in [1.54, 1.807) is 41.1 Å². The number of likely N-dealkylation sites (tertiary alicyclic amines) is 1. The molecule has 1 aliphatic rings. The summed E-state index contributed by atoms with van der Waals surface area (Å²) in [6.07, 6.45) is 1.19. The second kappa shape index (κ2) is 11.0. The summed E-state index contributed by atoms with van der Waals surface area (Å²) in [6, 6.07) is 12.7. The molecule has 3 amide bonds. The van der Waals surface area contributed by atoms with Gasteiger partial charge in [-0.3, -0.25) is 10.1 Å². The quantitative estimate of drug-likeness (QED) is 0.357. The van der Waals surface area contributed by atoms with Crippen LogP contribution >= 0.6 is 23.2 Å². The molecule has 9 nitrogen and oxygen atoms in total. The molecule has 2 heterocycles. The number of carboxylic acid groups (broad SMARTS) is 1. The molecule has 1 saturated heterocycles. The van der Waals surface area contributed by atoms with E-state index in [9.17, 15) is 19.5 Å². The number of anilines is 2. The van der Waals surface area contributed by atoms with Crippen molar-refractivity contribution in [3.8, 4) is 5.69 Å². The van der Waals surface area contributed by atoms with E-state index >= 15 is 0 Å². The summed E-state index contributed by atoms with van der Waals surface area (Å²) < 4.78 is 1.60. The van der Waals surface area contributed by atoms with Gasteiger partial charge in [0.25, 0.3) is 0 Å². The highest BCUT2D eigenvalue weighted by Crippen LogP contribution is 2.30. The molecule has 0 saturated carbocycles. The summed E-state index contributed by atoms with van der Waals surface area (Å²) in [5.41, 5.74) is 2.15. The monoisotopic (exact) mass is 557 g/mol. The van der Waals surface area contributed by atoms with Crippen LogP contribution in [0.2, 0.25) is 10.0 Å². The van der Waals surface area contributed by atoms with Gasteiger partial charge in [-0.15, -0.1) is 0 Å². The lowest BCUT2D eigenvalue weighted by atomic mass is 9.92. The molecular weight excluding hydrogens is 529 g/mol. The Bertz CT molecular complexity index is 1380. The van der Waals surface area contributed by atoms with Crippen molar-refractivity contribution < 1.29 is 19.5 Å². The van der Waals surface area contributed by atoms with Crippen molar-refractivity contribution in [3.05, 3.63) is 69.8 Å². The highest BCUT2D eigenvalue weighted by molar-refractivity contribution is 6.44. The van der Waals surface area contributed by atoms with Crippen LogP contribution in [0.5, 0.6) is 0 Å². The van der Waals surface area contributed by atoms with E-state index in [-0.39, 0.29) is 22.8 Å². The van der Waals surface area contributed by atoms with E-state index in [2.05, 4.69) is 10.6 Å². The Morgan fingerprint density at radius 3 is 2.53 bits per heavy atom. The van der Waals surface area contributed by atoms with Crippen LogP contribution in [0.3, 0.4) is 0 Å². The molecule has 200 valence electrons. The summed E-state index contributed by atoms with van der Waals surface area (Å²) in [5.74, 6) is -0.803. The number of carboxylic acids is 1. The van der Waals surface area contributed by atoms with Crippen molar-refractivity contribution in [2.75, 3.05) is 17.2 Å². The normalized spacial score (nSPS) is 15.4. The number of carbonyl (C=O) groups excluding carboxylic acids is 2. The fourth-order valence-electron chi connectivity index (χ4n) is 4.30. The highest BCUT2D eigenvalue weighted by Gasteiger charge is 2.33. The van der Waals surface area contributed by atoms with E-state index in [1.807, 2.05) is 32.9 Å². The molecule has 38 heavy (non-hydrogen) atoms. The van der Waals surface area contributed by atoms with Crippen LogP contribution in [0.25, 0.3) is 5.69 Å². The Morgan fingerprint density at radius 1 is 1.08 bits per heavy atom. The van der Waals surface area contributed by atoms with Crippen LogP contribution < -0.4 is 10.6 Å². The molecule has 0 spiro atoms. The molecule has 1 aliphatic heterocycles. The molecule has 1 fully saturated rings. The van der Waals surface area contributed by atoms with Gasteiger partial charge in [-0.2, -0.15) is 5.10 Å². The molecule has 1 atom stereocenters. The lowest BCUT2D eigenvalue weighted by Gasteiger charge is -2.21. The number of benzene rings is 2. The SMILES string of the molecule is CC(C)(C)c1cc(NC(=O)Nc2cccc(Cl)c2Cl)n(-c2cccc(CC(=O)N3CCC[C@@H]3C(=O)O)c2)n1. The van der Waals surface area contributed by atoms with Crippen LogP contribution in [0.4, 0.5) is 16.3 Å². The van der Waals surface area contributed by atoms with Crippen LogP contribution in [-0.2, 0) is 21.4 Å². The van der Waals surface area contributed by atoms with Gasteiger partial charge in [-0.25, -0.2) is 14.3 Å². The second-order valence-corrected chi connectivity index (χ2v) is 11.0. The highest BCUT2D eigenvalue weighted by atomic mass is 35.5. The average molecular weight is 558 g/mol. The largest absolute Gasteiger partial charge is 0.480 e. The summed E-state index contributed by atoms with van der Waals surface area (Å²) in [6.45, 7) is 6.47. The van der Waals surface area contributed by atoms with Gasteiger partial charge in [0, 0.05) is 18.0 Å². The number of carbonyl (C=O) groups is 3. The minimum absolute atomic E-state index is 0.0571. The number of aliphatic carboxylic acids is 1. The number of aromatic nitrogens is 2. The van der Waals surface area contributed by atoms with Crippen molar-refractivity contribution in [1.29, 1.82) is 0 Å². The topological polar surface area (TPSA) is 117 Å². The lowest BCUT2D eigenvalue weighted by molar-refractivity contribution is -0.148. The molecular formula is C27H29Cl2N5O4. The van der Waals surface area contributed by atoms with Gasteiger partial charge in [0.2, 0.25) is 5.91 Å². The Balaban J connectivity index is 1.59. The number of nitrogens with one attached hydrogen (secondary N) is 2. The third-order valence-corrected chi connectivity index (χ3v) is 7.11. The first-order valence-corrected chi connectivity index (χ1v) is 12.9. The van der Waals surface area contributed by atoms with Gasteiger partial charge < -0.3 is 15.3 Å². The first kappa shape index (κ1) is 27.5. The summed E-state index contributed by atoms with van der Waals surface area (Å²) in [4.78, 5) is 38.7. The van der Waals surface area contributed by atoms with Crippen molar-refractivity contribution in [1.82, 2.24) is 14.7 Å². The Morgan fingerprint density at radius 2 is 1.82 bits per heavy atom. The molecule has 0 radical (unpaired) electrons. The third kappa shape index (κ3) is 6.11. The van der Waals surface area contributed by atoms with Crippen LogP contribution in [0.15, 0.2) is 48.5 Å². The zero-order valence-corrected chi connectivity index (χ0v) is 22.8. The van der Waals surface area contributed by atoms with Gasteiger partial charge >= 0.3 is 12.0 Å². The van der Waals surface area contributed by atoms with Crippen molar-refractivity contribution in [2.24, 2.45) is 0 Å². The molecule has 0 bridgehead atoms. The van der Waals surface area contributed by atoms with E-state index in [1.165, 1.54) is 4.90 Å². The van der Waals surface area contributed by atoms with Crippen molar-refractivity contribution >= 4 is 52.6 Å². The van der Waals surface area contributed by atoms with Gasteiger partial charge in [-0.1, -0.05) is 62.2 Å². The minimum Gasteiger partial charge on any atom is -0.480 e. The Kier molecular flexibility index (Phi) is 7.99. The zero-order valence-electron chi connectivity index (χ0n) is 21.3. The van der Waals surface area contributed by atoms with Crippen LogP contribution in [0, 0.1) is 0 Å². The summed E-state index contributed by atoms with van der Waals surface area (Å²) in [5, 5.41) is 20.2. The standard InChI is InChI=1S/C27H29Cl2N5O4/c1-27(2,3)21-15-22(31-26(38)30-19-10-5-9-18(28)24(19)29)34(32-21)17-8-4-7-16(13-17)14-23(35)33-12-6-11-20(33)25(36)37/h4-5,7-10,13,15,20H,6,11-12,14H2,1-3H3,(H,36,37)(H2,30,31,38)/t20-/m1/s1. The maximum atomic E-state index is 12.9. The van der Waals surface area contributed by atoms with Gasteiger partial charge in [0.1, 0.15) is 11.9 Å². The first-order valence-electron chi connectivity index (χ1n) is 12.2. The number of hydrogen-bond acceptors (Lipinski definition) is 4. The average Bonchev–Trinajstić information content (AvgIpc) is 3.50. The maximum Gasteiger partial charge on any atom is 0.326 e. The number of hydrogen-bond donors (Lipinski definition) is 3. The fourth-order valence-corrected chi connectivity index (χ4v) is 4.65. The lowest BCUT2D eigenvalue weighted by Crippen LogP contribution is -2.41. The smallest absolute Gasteiger partial charge is 0.326 e. The van der Waals surface area contributed by atoms with Gasteiger partial charge in [-0.05, 0) is 42.7 Å². The van der Waals surface area contributed by atoms with Crippen molar-refractivity contribution in [3.63, 3.8) is 0 Å². The Labute approximate surface area is 230 Å². The van der Waals surface area contributed by atoms with Crippen LogP contribution in [-0.4, -0.2) is 50.3 Å². The molecule has 11 heteroatoms. The number of halogens is 2. The molecule has 0 aliphatic carbocycles. The Hall–Kier alpha value is -3.56. The number of urea groups is 1. The molecule has 0 unspecified atom stereocenters. The molecule has 1 aromatic heterocycles. The predicted molar refractivity (Wildman–Crippen MR) is 147 cm³/mol. The number of nitrogens with zero attached hydrogens (tertiary/aromatic N) is 3.